The van der Waals surface area contributed by atoms with Crippen LogP contribution in [0.25, 0.3) is 0 Å². The number of carbonyl (C=O) groups excluding carboxylic acids is 1. The van der Waals surface area contributed by atoms with Gasteiger partial charge < -0.3 is 15.5 Å². The van der Waals surface area contributed by atoms with Gasteiger partial charge in [-0.3, -0.25) is 14.9 Å². The molecule has 0 bridgehead atoms. The third-order valence-electron chi connectivity index (χ3n) is 5.38. The molecular formula is C24H24N8OS. The molecule has 4 aromatic rings. The van der Waals surface area contributed by atoms with Gasteiger partial charge in [0.05, 0.1) is 0 Å². The molecule has 1 fully saturated rings. The monoisotopic (exact) mass is 472 g/mol. The largest absolute Gasteiger partial charge is 0.356 e. The quantitative estimate of drug-likeness (QED) is 0.336. The number of hydrogen-bond donors (Lipinski definition) is 3. The van der Waals surface area contributed by atoms with E-state index in [1.807, 2.05) is 62.4 Å². The highest BCUT2D eigenvalue weighted by molar-refractivity contribution is 7.99. The Labute approximate surface area is 201 Å². The first-order chi connectivity index (χ1) is 16.5. The summed E-state index contributed by atoms with van der Waals surface area (Å²) in [5.41, 5.74) is 2.93. The van der Waals surface area contributed by atoms with Crippen molar-refractivity contribution in [3.05, 3.63) is 71.7 Å². The summed E-state index contributed by atoms with van der Waals surface area (Å²) < 4.78 is 0. The number of carbonyl (C=O) groups is 1. The van der Waals surface area contributed by atoms with Crippen molar-refractivity contribution in [1.82, 2.24) is 25.1 Å². The van der Waals surface area contributed by atoms with Crippen LogP contribution in [0.1, 0.15) is 28.2 Å². The number of rotatable bonds is 7. The second-order valence-electron chi connectivity index (χ2n) is 8.05. The molecule has 5 rings (SSSR count). The molecule has 0 unspecified atom stereocenters. The topological polar surface area (TPSA) is 112 Å². The molecule has 0 radical (unpaired) electrons. The summed E-state index contributed by atoms with van der Waals surface area (Å²) in [6.07, 6.45) is 2.78. The van der Waals surface area contributed by atoms with E-state index in [2.05, 4.69) is 35.7 Å². The minimum atomic E-state index is -0.228. The first kappa shape index (κ1) is 21.9. The maximum atomic E-state index is 12.5. The number of aromatic nitrogens is 5. The van der Waals surface area contributed by atoms with Crippen LogP contribution in [-0.2, 0) is 0 Å². The molecule has 172 valence electrons. The zero-order chi connectivity index (χ0) is 23.5. The fourth-order valence-corrected chi connectivity index (χ4v) is 4.23. The minimum Gasteiger partial charge on any atom is -0.356 e. The number of H-pyrrole nitrogens is 1. The van der Waals surface area contributed by atoms with Crippen molar-refractivity contribution in [2.24, 2.45) is 0 Å². The molecule has 0 aliphatic carbocycles. The summed E-state index contributed by atoms with van der Waals surface area (Å²) in [4.78, 5) is 29.3. The number of amides is 1. The zero-order valence-electron chi connectivity index (χ0n) is 18.9. The first-order valence-electron chi connectivity index (χ1n) is 11.0. The molecule has 0 spiro atoms. The Kier molecular flexibility index (Phi) is 6.13. The van der Waals surface area contributed by atoms with Crippen molar-refractivity contribution in [2.75, 3.05) is 28.6 Å². The molecule has 1 aliphatic heterocycles. The van der Waals surface area contributed by atoms with Crippen LogP contribution in [0.4, 0.5) is 23.1 Å². The molecule has 3 aromatic heterocycles. The van der Waals surface area contributed by atoms with Crippen LogP contribution in [0.15, 0.2) is 64.8 Å². The number of nitrogens with one attached hydrogen (secondary N) is 3. The predicted octanol–water partition coefficient (Wildman–Crippen LogP) is 4.57. The van der Waals surface area contributed by atoms with Crippen molar-refractivity contribution >= 4 is 40.8 Å². The van der Waals surface area contributed by atoms with Crippen LogP contribution in [0, 0.1) is 13.8 Å². The Hall–Kier alpha value is -3.92. The van der Waals surface area contributed by atoms with Gasteiger partial charge in [-0.25, -0.2) is 9.97 Å². The van der Waals surface area contributed by atoms with Crippen molar-refractivity contribution in [3.8, 4) is 0 Å². The normalized spacial score (nSPS) is 12.8. The molecule has 0 saturated carbocycles. The fourth-order valence-electron chi connectivity index (χ4n) is 3.47. The van der Waals surface area contributed by atoms with E-state index in [0.717, 1.165) is 35.1 Å². The summed E-state index contributed by atoms with van der Waals surface area (Å²) in [5.74, 6) is 2.08. The number of nitrogens with zero attached hydrogens (tertiary/aromatic N) is 5. The lowest BCUT2D eigenvalue weighted by Gasteiger charge is -2.32. The second kappa shape index (κ2) is 9.52. The lowest BCUT2D eigenvalue weighted by atomic mass is 10.2. The van der Waals surface area contributed by atoms with E-state index < -0.39 is 0 Å². The Morgan fingerprint density at radius 3 is 2.56 bits per heavy atom. The van der Waals surface area contributed by atoms with E-state index in [-0.39, 0.29) is 5.91 Å². The van der Waals surface area contributed by atoms with Crippen molar-refractivity contribution in [3.63, 3.8) is 0 Å². The average Bonchev–Trinajstić information content (AvgIpc) is 3.18. The summed E-state index contributed by atoms with van der Waals surface area (Å²) >= 11 is 1.47. The summed E-state index contributed by atoms with van der Waals surface area (Å²) in [6, 6.07) is 15.2. The van der Waals surface area contributed by atoms with Gasteiger partial charge in [-0.2, -0.15) is 5.10 Å². The lowest BCUT2D eigenvalue weighted by Crippen LogP contribution is -2.37. The second-order valence-corrected chi connectivity index (χ2v) is 9.09. The van der Waals surface area contributed by atoms with Gasteiger partial charge in [0, 0.05) is 47.7 Å². The SMILES string of the molecule is Cc1cc(Nc2cc(N3CCC3)nc(Sc3ccc(NC(=O)c4ncccc4C)cc3)n2)n[nH]1. The van der Waals surface area contributed by atoms with E-state index >= 15 is 0 Å². The standard InChI is InChI=1S/C24H24N8OS/c1-15-5-3-10-25-22(15)23(33)26-17-6-8-18(9-7-17)34-24-28-19(27-20-13-16(2)30-31-20)14-21(29-24)32-11-4-12-32/h3,5-10,13-14H,4,11-12H2,1-2H3,(H,26,33)(H2,27,28,29,30,31). The fraction of sp³-hybridized carbons (Fsp3) is 0.208. The smallest absolute Gasteiger partial charge is 0.274 e. The highest BCUT2D eigenvalue weighted by Gasteiger charge is 2.19. The zero-order valence-corrected chi connectivity index (χ0v) is 19.7. The molecule has 10 heteroatoms. The van der Waals surface area contributed by atoms with E-state index in [1.54, 1.807) is 6.20 Å². The Balaban J connectivity index is 1.31. The Morgan fingerprint density at radius 1 is 1.06 bits per heavy atom. The van der Waals surface area contributed by atoms with Gasteiger partial charge in [0.15, 0.2) is 11.0 Å². The highest BCUT2D eigenvalue weighted by atomic mass is 32.2. The number of aryl methyl sites for hydroxylation is 2. The van der Waals surface area contributed by atoms with Gasteiger partial charge in [0.2, 0.25) is 0 Å². The van der Waals surface area contributed by atoms with Crippen LogP contribution in [0.5, 0.6) is 0 Å². The summed E-state index contributed by atoms with van der Waals surface area (Å²) in [6.45, 7) is 5.80. The van der Waals surface area contributed by atoms with Gasteiger partial charge in [-0.15, -0.1) is 0 Å². The maximum absolute atomic E-state index is 12.5. The molecule has 9 nitrogen and oxygen atoms in total. The molecular weight excluding hydrogens is 448 g/mol. The molecule has 3 N–H and O–H groups in total. The highest BCUT2D eigenvalue weighted by Crippen LogP contribution is 2.31. The van der Waals surface area contributed by atoms with Crippen LogP contribution in [0.3, 0.4) is 0 Å². The number of pyridine rings is 1. The Morgan fingerprint density at radius 2 is 1.88 bits per heavy atom. The minimum absolute atomic E-state index is 0.228. The number of anilines is 4. The summed E-state index contributed by atoms with van der Waals surface area (Å²) in [7, 11) is 0. The number of benzene rings is 1. The van der Waals surface area contributed by atoms with Gasteiger partial charge >= 0.3 is 0 Å². The van der Waals surface area contributed by atoms with Crippen LogP contribution >= 0.6 is 11.8 Å². The van der Waals surface area contributed by atoms with Crippen LogP contribution in [0.2, 0.25) is 0 Å². The van der Waals surface area contributed by atoms with Gasteiger partial charge in [0.25, 0.3) is 5.91 Å². The van der Waals surface area contributed by atoms with E-state index in [1.165, 1.54) is 18.2 Å². The molecule has 34 heavy (non-hydrogen) atoms. The van der Waals surface area contributed by atoms with E-state index in [4.69, 9.17) is 4.98 Å². The summed E-state index contributed by atoms with van der Waals surface area (Å²) in [5, 5.41) is 14.0. The van der Waals surface area contributed by atoms with Crippen molar-refractivity contribution in [2.45, 2.75) is 30.3 Å². The van der Waals surface area contributed by atoms with Crippen molar-refractivity contribution in [1.29, 1.82) is 0 Å². The number of hydrogen-bond acceptors (Lipinski definition) is 8. The maximum Gasteiger partial charge on any atom is 0.274 e. The Bertz CT molecular complexity index is 1320. The molecule has 4 heterocycles. The predicted molar refractivity (Wildman–Crippen MR) is 133 cm³/mol. The van der Waals surface area contributed by atoms with Gasteiger partial charge in [-0.1, -0.05) is 6.07 Å². The van der Waals surface area contributed by atoms with E-state index in [0.29, 0.717) is 28.2 Å². The average molecular weight is 473 g/mol. The third kappa shape index (κ3) is 5.01. The lowest BCUT2D eigenvalue weighted by molar-refractivity contribution is 0.102. The van der Waals surface area contributed by atoms with Crippen LogP contribution < -0.4 is 15.5 Å². The third-order valence-corrected chi connectivity index (χ3v) is 6.25. The van der Waals surface area contributed by atoms with Crippen LogP contribution in [-0.4, -0.2) is 44.1 Å². The van der Waals surface area contributed by atoms with Gasteiger partial charge in [0.1, 0.15) is 17.3 Å². The molecule has 1 saturated heterocycles. The van der Waals surface area contributed by atoms with Crippen molar-refractivity contribution < 1.29 is 4.79 Å². The first-order valence-corrected chi connectivity index (χ1v) is 11.8. The van der Waals surface area contributed by atoms with E-state index in [9.17, 15) is 4.79 Å². The molecule has 1 amide bonds. The number of aromatic amines is 1. The van der Waals surface area contributed by atoms with Gasteiger partial charge in [-0.05, 0) is 67.9 Å². The molecule has 1 aromatic carbocycles. The molecule has 1 aliphatic rings. The molecule has 0 atom stereocenters.